The van der Waals surface area contributed by atoms with Gasteiger partial charge >= 0.3 is 0 Å². The van der Waals surface area contributed by atoms with Gasteiger partial charge in [0.1, 0.15) is 0 Å². The summed E-state index contributed by atoms with van der Waals surface area (Å²) in [6.45, 7) is 14.4. The first kappa shape index (κ1) is 21.3. The Morgan fingerprint density at radius 1 is 0.963 bits per heavy atom. The van der Waals surface area contributed by atoms with Gasteiger partial charge in [0.15, 0.2) is 0 Å². The maximum atomic E-state index is 2.52. The molecule has 1 atom stereocenters. The summed E-state index contributed by atoms with van der Waals surface area (Å²) in [4.78, 5) is 2.52. The first-order valence-electron chi connectivity index (χ1n) is 10.5. The van der Waals surface area contributed by atoms with Crippen molar-refractivity contribution in [1.82, 2.24) is 4.90 Å². The third-order valence-corrected chi connectivity index (χ3v) is 5.19. The largest absolute Gasteiger partial charge is 0.366 e. The van der Waals surface area contributed by atoms with Gasteiger partial charge in [-0.1, -0.05) is 81.8 Å². The van der Waals surface area contributed by atoms with E-state index in [0.29, 0.717) is 12.0 Å². The summed E-state index contributed by atoms with van der Waals surface area (Å²) in [5.74, 6) is 0.700. The summed E-state index contributed by atoms with van der Waals surface area (Å²) in [5.41, 5.74) is 6.98. The van der Waals surface area contributed by atoms with Crippen molar-refractivity contribution in [3.63, 3.8) is 0 Å². The van der Waals surface area contributed by atoms with E-state index in [1.54, 1.807) is 0 Å². The molecule has 27 heavy (non-hydrogen) atoms. The molecular weight excluding hydrogens is 326 g/mol. The van der Waals surface area contributed by atoms with Gasteiger partial charge in [-0.15, -0.1) is 0 Å². The summed E-state index contributed by atoms with van der Waals surface area (Å²) < 4.78 is 0. The number of hydrogen-bond acceptors (Lipinski definition) is 1. The van der Waals surface area contributed by atoms with Crippen molar-refractivity contribution in [1.29, 1.82) is 0 Å². The molecule has 0 heterocycles. The van der Waals surface area contributed by atoms with Gasteiger partial charge in [-0.05, 0) is 67.5 Å². The van der Waals surface area contributed by atoms with Crippen LogP contribution in [0.2, 0.25) is 0 Å². The minimum absolute atomic E-state index is 0.404. The van der Waals surface area contributed by atoms with Gasteiger partial charge in [-0.3, -0.25) is 0 Å². The summed E-state index contributed by atoms with van der Waals surface area (Å²) in [7, 11) is 0. The molecule has 0 aliphatic rings. The Balaban J connectivity index is 2.29. The molecule has 0 amide bonds. The van der Waals surface area contributed by atoms with Gasteiger partial charge in [0, 0.05) is 6.54 Å². The molecule has 0 aromatic heterocycles. The standard InChI is InChI=1S/C26H37N/c1-7-9-16-27(19-25-18-21(5)10-11-22(25)6)26(8-2)24-14-12-23(13-15-24)17-20(3)4/h9-16,18,20,26H,7-8,17,19H2,1-6H3/b16-9-. The van der Waals surface area contributed by atoms with E-state index in [-0.39, 0.29) is 0 Å². The van der Waals surface area contributed by atoms with Crippen LogP contribution in [-0.4, -0.2) is 4.90 Å². The van der Waals surface area contributed by atoms with Gasteiger partial charge in [-0.2, -0.15) is 0 Å². The van der Waals surface area contributed by atoms with Crippen molar-refractivity contribution >= 4 is 0 Å². The SMILES string of the molecule is CC/C=C\N(Cc1cc(C)ccc1C)C(CC)c1ccc(CC(C)C)cc1. The number of allylic oxidation sites excluding steroid dienone is 1. The van der Waals surface area contributed by atoms with Gasteiger partial charge in [0.25, 0.3) is 0 Å². The molecule has 146 valence electrons. The van der Waals surface area contributed by atoms with Gasteiger partial charge < -0.3 is 4.90 Å². The second-order valence-corrected chi connectivity index (χ2v) is 8.16. The highest BCUT2D eigenvalue weighted by Crippen LogP contribution is 2.28. The van der Waals surface area contributed by atoms with E-state index >= 15 is 0 Å². The van der Waals surface area contributed by atoms with Crippen LogP contribution >= 0.6 is 0 Å². The maximum Gasteiger partial charge on any atom is 0.0537 e. The molecule has 0 bridgehead atoms. The zero-order valence-electron chi connectivity index (χ0n) is 18.1. The summed E-state index contributed by atoms with van der Waals surface area (Å²) >= 11 is 0. The average molecular weight is 364 g/mol. The van der Waals surface area contributed by atoms with Gasteiger partial charge in [0.2, 0.25) is 0 Å². The summed E-state index contributed by atoms with van der Waals surface area (Å²) in [5, 5.41) is 0. The molecule has 0 spiro atoms. The van der Waals surface area contributed by atoms with Crippen molar-refractivity contribution in [2.24, 2.45) is 5.92 Å². The Morgan fingerprint density at radius 2 is 1.67 bits per heavy atom. The molecule has 0 fully saturated rings. The number of benzene rings is 2. The van der Waals surface area contributed by atoms with E-state index in [2.05, 4.69) is 101 Å². The Morgan fingerprint density at radius 3 is 2.26 bits per heavy atom. The van der Waals surface area contributed by atoms with Crippen LogP contribution in [0.4, 0.5) is 0 Å². The molecule has 0 saturated heterocycles. The highest BCUT2D eigenvalue weighted by molar-refractivity contribution is 5.31. The van der Waals surface area contributed by atoms with E-state index in [0.717, 1.165) is 25.8 Å². The van der Waals surface area contributed by atoms with Crippen LogP contribution in [0.25, 0.3) is 0 Å². The molecule has 0 aliphatic heterocycles. The molecule has 1 nitrogen and oxygen atoms in total. The smallest absolute Gasteiger partial charge is 0.0537 e. The number of nitrogens with zero attached hydrogens (tertiary/aromatic N) is 1. The minimum Gasteiger partial charge on any atom is -0.366 e. The molecule has 2 aromatic carbocycles. The van der Waals surface area contributed by atoms with E-state index in [4.69, 9.17) is 0 Å². The lowest BCUT2D eigenvalue weighted by molar-refractivity contribution is 0.263. The Hall–Kier alpha value is -2.02. The molecule has 0 radical (unpaired) electrons. The molecule has 1 unspecified atom stereocenters. The second kappa shape index (κ2) is 10.3. The normalized spacial score (nSPS) is 12.7. The lowest BCUT2D eigenvalue weighted by atomic mass is 9.97. The van der Waals surface area contributed by atoms with Crippen molar-refractivity contribution in [3.8, 4) is 0 Å². The van der Waals surface area contributed by atoms with Crippen molar-refractivity contribution in [2.75, 3.05) is 0 Å². The molecule has 0 N–H and O–H groups in total. The molecule has 2 aromatic rings. The molecule has 0 saturated carbocycles. The van der Waals surface area contributed by atoms with Crippen molar-refractivity contribution in [2.45, 2.75) is 73.4 Å². The van der Waals surface area contributed by atoms with E-state index in [9.17, 15) is 0 Å². The Kier molecular flexibility index (Phi) is 8.16. The van der Waals surface area contributed by atoms with E-state index < -0.39 is 0 Å². The van der Waals surface area contributed by atoms with Crippen LogP contribution in [-0.2, 0) is 13.0 Å². The summed E-state index contributed by atoms with van der Waals surface area (Å²) in [6, 6.07) is 16.5. The quantitative estimate of drug-likeness (QED) is 0.449. The van der Waals surface area contributed by atoms with E-state index in [1.807, 2.05) is 0 Å². The maximum absolute atomic E-state index is 2.52. The van der Waals surface area contributed by atoms with E-state index in [1.165, 1.54) is 27.8 Å². The number of hydrogen-bond donors (Lipinski definition) is 0. The first-order chi connectivity index (χ1) is 12.9. The monoisotopic (exact) mass is 363 g/mol. The Labute approximate surface area is 167 Å². The van der Waals surface area contributed by atoms with Crippen LogP contribution in [0.3, 0.4) is 0 Å². The van der Waals surface area contributed by atoms with Gasteiger partial charge in [-0.25, -0.2) is 0 Å². The van der Waals surface area contributed by atoms with Crippen LogP contribution < -0.4 is 0 Å². The van der Waals surface area contributed by atoms with Crippen LogP contribution in [0.15, 0.2) is 54.7 Å². The van der Waals surface area contributed by atoms with Crippen LogP contribution in [0.5, 0.6) is 0 Å². The number of rotatable bonds is 9. The predicted octanol–water partition coefficient (Wildman–Crippen LogP) is 7.38. The zero-order valence-corrected chi connectivity index (χ0v) is 18.1. The highest BCUT2D eigenvalue weighted by atomic mass is 15.1. The highest BCUT2D eigenvalue weighted by Gasteiger charge is 2.17. The fourth-order valence-electron chi connectivity index (χ4n) is 3.68. The molecule has 1 heteroatoms. The fourth-order valence-corrected chi connectivity index (χ4v) is 3.68. The molecular formula is C26H37N. The van der Waals surface area contributed by atoms with Crippen LogP contribution in [0, 0.1) is 19.8 Å². The first-order valence-corrected chi connectivity index (χ1v) is 10.5. The molecule has 2 rings (SSSR count). The zero-order chi connectivity index (χ0) is 19.8. The van der Waals surface area contributed by atoms with Crippen molar-refractivity contribution < 1.29 is 0 Å². The Bertz CT molecular complexity index is 724. The molecule has 0 aliphatic carbocycles. The third-order valence-electron chi connectivity index (χ3n) is 5.19. The summed E-state index contributed by atoms with van der Waals surface area (Å²) in [6.07, 6.45) is 7.90. The third kappa shape index (κ3) is 6.27. The lowest BCUT2D eigenvalue weighted by Gasteiger charge is -2.31. The minimum atomic E-state index is 0.404. The number of aryl methyl sites for hydroxylation is 2. The average Bonchev–Trinajstić information content (AvgIpc) is 2.64. The van der Waals surface area contributed by atoms with Crippen molar-refractivity contribution in [3.05, 3.63) is 82.6 Å². The fraction of sp³-hybridized carbons (Fsp3) is 0.462. The van der Waals surface area contributed by atoms with Gasteiger partial charge in [0.05, 0.1) is 6.04 Å². The topological polar surface area (TPSA) is 3.24 Å². The lowest BCUT2D eigenvalue weighted by Crippen LogP contribution is -2.23. The second-order valence-electron chi connectivity index (χ2n) is 8.16. The van der Waals surface area contributed by atoms with Crippen LogP contribution in [0.1, 0.15) is 74.4 Å². The predicted molar refractivity (Wildman–Crippen MR) is 119 cm³/mol.